The third-order valence-electron chi connectivity index (χ3n) is 6.34. The monoisotopic (exact) mass is 422 g/mol. The van der Waals surface area contributed by atoms with Gasteiger partial charge in [-0.2, -0.15) is 0 Å². The summed E-state index contributed by atoms with van der Waals surface area (Å²) in [5, 5.41) is 22.9. The third kappa shape index (κ3) is 2.98. The fourth-order valence-corrected chi connectivity index (χ4v) is 4.72. The first-order valence-corrected chi connectivity index (χ1v) is 9.89. The van der Waals surface area contributed by atoms with Crippen LogP contribution in [0, 0.1) is 18.8 Å². The number of aliphatic hydroxyl groups excluding tert-OH is 1. The lowest BCUT2D eigenvalue weighted by atomic mass is 9.79. The van der Waals surface area contributed by atoms with Crippen LogP contribution in [0.5, 0.6) is 0 Å². The lowest BCUT2D eigenvalue weighted by molar-refractivity contribution is -0.150. The minimum absolute atomic E-state index is 0.156. The van der Waals surface area contributed by atoms with Gasteiger partial charge in [0.1, 0.15) is 0 Å². The standard InChI is InChI=1S/C23H22N2O6/c1-12-5-3-4-6-16(12)19-17-18(23(11-26,24-19)22(30)31)21(29)25(20(17)28)15-9-7-14(8-10-15)13(2)27/h3-10,17-19,24,26H,11H2,1-2H3,(H,30,31). The van der Waals surface area contributed by atoms with E-state index in [4.69, 9.17) is 0 Å². The maximum Gasteiger partial charge on any atom is 0.327 e. The van der Waals surface area contributed by atoms with Gasteiger partial charge < -0.3 is 10.2 Å². The number of aliphatic hydroxyl groups is 1. The molecule has 160 valence electrons. The van der Waals surface area contributed by atoms with E-state index in [1.807, 2.05) is 19.1 Å². The number of carbonyl (C=O) groups is 4. The number of nitrogens with zero attached hydrogens (tertiary/aromatic N) is 1. The molecule has 0 saturated carbocycles. The highest BCUT2D eigenvalue weighted by atomic mass is 16.4. The smallest absolute Gasteiger partial charge is 0.327 e. The zero-order valence-electron chi connectivity index (χ0n) is 17.0. The van der Waals surface area contributed by atoms with Crippen LogP contribution in [0.25, 0.3) is 0 Å². The van der Waals surface area contributed by atoms with Crippen molar-refractivity contribution in [1.29, 1.82) is 0 Å². The minimum atomic E-state index is -1.99. The first-order valence-electron chi connectivity index (χ1n) is 9.89. The van der Waals surface area contributed by atoms with E-state index in [0.717, 1.165) is 10.5 Å². The number of rotatable bonds is 5. The zero-order chi connectivity index (χ0) is 22.5. The number of carbonyl (C=O) groups excluding carboxylic acids is 3. The SMILES string of the molecule is CC(=O)c1ccc(N2C(=O)C3C(c4ccccc4C)NC(CO)(C(=O)O)C3C2=O)cc1. The summed E-state index contributed by atoms with van der Waals surface area (Å²) in [7, 11) is 0. The molecule has 2 aliphatic heterocycles. The van der Waals surface area contributed by atoms with Gasteiger partial charge in [0.2, 0.25) is 11.8 Å². The highest BCUT2D eigenvalue weighted by molar-refractivity contribution is 6.24. The Balaban J connectivity index is 1.83. The topological polar surface area (TPSA) is 124 Å². The Morgan fingerprint density at radius 3 is 2.26 bits per heavy atom. The highest BCUT2D eigenvalue weighted by Crippen LogP contribution is 2.50. The second-order valence-corrected chi connectivity index (χ2v) is 8.03. The van der Waals surface area contributed by atoms with Crippen molar-refractivity contribution in [3.05, 3.63) is 65.2 Å². The number of carboxylic acids is 1. The van der Waals surface area contributed by atoms with Crippen molar-refractivity contribution in [2.75, 3.05) is 11.5 Å². The van der Waals surface area contributed by atoms with E-state index in [1.165, 1.54) is 31.2 Å². The van der Waals surface area contributed by atoms with Crippen molar-refractivity contribution >= 4 is 29.3 Å². The van der Waals surface area contributed by atoms with Gasteiger partial charge in [0.25, 0.3) is 0 Å². The van der Waals surface area contributed by atoms with E-state index in [0.29, 0.717) is 11.1 Å². The van der Waals surface area contributed by atoms with Gasteiger partial charge in [-0.1, -0.05) is 24.3 Å². The van der Waals surface area contributed by atoms with Gasteiger partial charge >= 0.3 is 5.97 Å². The average Bonchev–Trinajstić information content (AvgIpc) is 3.23. The normalized spacial score (nSPS) is 27.5. The lowest BCUT2D eigenvalue weighted by Crippen LogP contribution is -2.58. The first kappa shape index (κ1) is 20.9. The molecule has 4 atom stereocenters. The van der Waals surface area contributed by atoms with Gasteiger partial charge in [0, 0.05) is 11.6 Å². The minimum Gasteiger partial charge on any atom is -0.480 e. The molecule has 31 heavy (non-hydrogen) atoms. The number of hydrogen-bond acceptors (Lipinski definition) is 6. The third-order valence-corrected chi connectivity index (χ3v) is 6.34. The predicted octanol–water partition coefficient (Wildman–Crippen LogP) is 1.46. The predicted molar refractivity (Wildman–Crippen MR) is 110 cm³/mol. The number of aliphatic carboxylic acids is 1. The molecular weight excluding hydrogens is 400 g/mol. The molecule has 4 unspecified atom stereocenters. The number of carboxylic acid groups (broad SMARTS) is 1. The van der Waals surface area contributed by atoms with Crippen LogP contribution >= 0.6 is 0 Å². The average molecular weight is 422 g/mol. The number of fused-ring (bicyclic) bond motifs is 1. The zero-order valence-corrected chi connectivity index (χ0v) is 17.0. The van der Waals surface area contributed by atoms with E-state index in [9.17, 15) is 29.4 Å². The molecule has 2 aromatic carbocycles. The second-order valence-electron chi connectivity index (χ2n) is 8.03. The molecule has 0 bridgehead atoms. The van der Waals surface area contributed by atoms with Crippen molar-refractivity contribution in [3.8, 4) is 0 Å². The van der Waals surface area contributed by atoms with Crippen molar-refractivity contribution in [2.24, 2.45) is 11.8 Å². The summed E-state index contributed by atoms with van der Waals surface area (Å²) < 4.78 is 0. The highest BCUT2D eigenvalue weighted by Gasteiger charge is 2.68. The van der Waals surface area contributed by atoms with Crippen LogP contribution in [-0.2, 0) is 14.4 Å². The molecule has 4 rings (SSSR count). The molecule has 2 fully saturated rings. The van der Waals surface area contributed by atoms with Crippen molar-refractivity contribution in [2.45, 2.75) is 25.4 Å². The van der Waals surface area contributed by atoms with E-state index in [2.05, 4.69) is 5.32 Å². The maximum atomic E-state index is 13.5. The van der Waals surface area contributed by atoms with Crippen LogP contribution < -0.4 is 10.2 Å². The maximum absolute atomic E-state index is 13.5. The molecule has 0 radical (unpaired) electrons. The van der Waals surface area contributed by atoms with Crippen molar-refractivity contribution in [1.82, 2.24) is 5.32 Å². The summed E-state index contributed by atoms with van der Waals surface area (Å²) >= 11 is 0. The molecule has 8 nitrogen and oxygen atoms in total. The first-order chi connectivity index (χ1) is 14.7. The van der Waals surface area contributed by atoms with Crippen LogP contribution in [0.3, 0.4) is 0 Å². The molecule has 2 saturated heterocycles. The van der Waals surface area contributed by atoms with Gasteiger partial charge in [-0.05, 0) is 49.2 Å². The number of Topliss-reactive ketones (excluding diaryl/α,β-unsaturated/α-hetero) is 1. The number of imide groups is 1. The van der Waals surface area contributed by atoms with E-state index in [-0.39, 0.29) is 11.5 Å². The number of amides is 2. The molecule has 0 aliphatic carbocycles. The summed E-state index contributed by atoms with van der Waals surface area (Å²) in [6.45, 7) is 2.40. The molecule has 2 aromatic rings. The van der Waals surface area contributed by atoms with Gasteiger partial charge in [-0.15, -0.1) is 0 Å². The summed E-state index contributed by atoms with van der Waals surface area (Å²) in [4.78, 5) is 51.6. The molecule has 2 aliphatic rings. The largest absolute Gasteiger partial charge is 0.480 e. The lowest BCUT2D eigenvalue weighted by Gasteiger charge is -2.29. The summed E-state index contributed by atoms with van der Waals surface area (Å²) in [5.74, 6) is -5.05. The molecule has 2 heterocycles. The van der Waals surface area contributed by atoms with Crippen LogP contribution in [0.15, 0.2) is 48.5 Å². The van der Waals surface area contributed by atoms with Crippen LogP contribution in [-0.4, -0.2) is 45.9 Å². The van der Waals surface area contributed by atoms with E-state index in [1.54, 1.807) is 12.1 Å². The number of nitrogens with one attached hydrogen (secondary N) is 1. The fourth-order valence-electron chi connectivity index (χ4n) is 4.72. The number of hydrogen-bond donors (Lipinski definition) is 3. The molecule has 3 N–H and O–H groups in total. The second kappa shape index (κ2) is 7.40. The number of anilines is 1. The fraction of sp³-hybridized carbons (Fsp3) is 0.304. The van der Waals surface area contributed by atoms with Crippen molar-refractivity contribution in [3.63, 3.8) is 0 Å². The molecule has 0 spiro atoms. The number of aryl methyl sites for hydroxylation is 1. The molecule has 8 heteroatoms. The Morgan fingerprint density at radius 1 is 1.06 bits per heavy atom. The number of ketones is 1. The van der Waals surface area contributed by atoms with Gasteiger partial charge in [0.05, 0.1) is 24.1 Å². The van der Waals surface area contributed by atoms with Crippen LogP contribution in [0.4, 0.5) is 5.69 Å². The Hall–Kier alpha value is -3.36. The van der Waals surface area contributed by atoms with Crippen molar-refractivity contribution < 1.29 is 29.4 Å². The van der Waals surface area contributed by atoms with Gasteiger partial charge in [0.15, 0.2) is 11.3 Å². The molecule has 2 amide bonds. The van der Waals surface area contributed by atoms with Gasteiger partial charge in [-0.3, -0.25) is 24.5 Å². The quantitative estimate of drug-likeness (QED) is 0.492. The van der Waals surface area contributed by atoms with Crippen LogP contribution in [0.2, 0.25) is 0 Å². The van der Waals surface area contributed by atoms with Gasteiger partial charge in [-0.25, -0.2) is 4.90 Å². The van der Waals surface area contributed by atoms with E-state index < -0.39 is 47.8 Å². The Labute approximate surface area is 178 Å². The van der Waals surface area contributed by atoms with E-state index >= 15 is 0 Å². The molecular formula is C23H22N2O6. The summed E-state index contributed by atoms with van der Waals surface area (Å²) in [6, 6.07) is 12.5. The number of benzene rings is 2. The Bertz CT molecular complexity index is 1100. The summed E-state index contributed by atoms with van der Waals surface area (Å²) in [6.07, 6.45) is 0. The summed E-state index contributed by atoms with van der Waals surface area (Å²) in [5.41, 5.74) is 0.234. The Morgan fingerprint density at radius 2 is 1.71 bits per heavy atom. The molecule has 0 aromatic heterocycles. The Kier molecular flexibility index (Phi) is 4.99. The van der Waals surface area contributed by atoms with Crippen LogP contribution in [0.1, 0.15) is 34.5 Å².